The van der Waals surface area contributed by atoms with E-state index in [4.69, 9.17) is 31.3 Å². The highest BCUT2D eigenvalue weighted by Crippen LogP contribution is 2.40. The zero-order valence-corrected chi connectivity index (χ0v) is 31.6. The number of nitrogens with zero attached hydrogens (tertiary/aromatic N) is 6. The Bertz CT molecular complexity index is 2490. The number of hydrogen-bond acceptors (Lipinski definition) is 8. The molecule has 0 unspecified atom stereocenters. The summed E-state index contributed by atoms with van der Waals surface area (Å²) in [4.78, 5) is 45.9. The average molecular weight is 767 g/mol. The maximum absolute atomic E-state index is 12.2. The second kappa shape index (κ2) is 16.1. The number of aromatic nitrogens is 4. The minimum atomic E-state index is -0.489. The number of amides is 2. The van der Waals surface area contributed by atoms with E-state index in [0.717, 1.165) is 56.1 Å². The summed E-state index contributed by atoms with van der Waals surface area (Å²) in [6, 6.07) is 55.4. The van der Waals surface area contributed by atoms with Crippen LogP contribution >= 0.6 is 0 Å². The molecule has 0 saturated heterocycles. The number of hydrogen-bond donors (Lipinski definition) is 2. The van der Waals surface area contributed by atoms with Crippen LogP contribution in [-0.2, 0) is 9.59 Å². The molecule has 2 amide bonds. The van der Waals surface area contributed by atoms with Gasteiger partial charge in [0.1, 0.15) is 11.4 Å². The lowest BCUT2D eigenvalue weighted by molar-refractivity contribution is -0.157. The van der Waals surface area contributed by atoms with Gasteiger partial charge in [0, 0.05) is 36.1 Å². The van der Waals surface area contributed by atoms with Gasteiger partial charge in [0.2, 0.25) is 0 Å². The summed E-state index contributed by atoms with van der Waals surface area (Å²) >= 11 is 0. The Balaban J connectivity index is 1.21. The Morgan fingerprint density at radius 3 is 1.02 bits per heavy atom. The topological polar surface area (TPSA) is 147 Å². The number of benzene rings is 6. The van der Waals surface area contributed by atoms with Crippen molar-refractivity contribution in [3.63, 3.8) is 0 Å². The highest BCUT2D eigenvalue weighted by atomic mass is 16.7. The summed E-state index contributed by atoms with van der Waals surface area (Å²) in [5, 5.41) is 1.35. The third kappa shape index (κ3) is 7.43. The monoisotopic (exact) mass is 766 g/mol. The van der Waals surface area contributed by atoms with Gasteiger partial charge in [0.15, 0.2) is 0 Å². The van der Waals surface area contributed by atoms with Crippen LogP contribution in [0.15, 0.2) is 170 Å². The van der Waals surface area contributed by atoms with Crippen molar-refractivity contribution in [2.24, 2.45) is 11.7 Å². The van der Waals surface area contributed by atoms with Crippen molar-refractivity contribution in [1.82, 2.24) is 29.4 Å². The van der Waals surface area contributed by atoms with E-state index < -0.39 is 11.8 Å². The predicted octanol–water partition coefficient (Wildman–Crippen LogP) is 8.43. The van der Waals surface area contributed by atoms with Gasteiger partial charge < -0.3 is 9.68 Å². The predicted molar refractivity (Wildman–Crippen MR) is 223 cm³/mol. The molecule has 8 rings (SSSR count). The third-order valence-electron chi connectivity index (χ3n) is 9.45. The molecule has 4 N–H and O–H groups in total. The van der Waals surface area contributed by atoms with Gasteiger partial charge in [-0.25, -0.2) is 11.7 Å². The van der Waals surface area contributed by atoms with Gasteiger partial charge in [-0.05, 0) is 35.4 Å². The number of imidazole rings is 2. The fraction of sp³-hybridized carbons (Fsp3) is 0.0435. The van der Waals surface area contributed by atoms with E-state index in [0.29, 0.717) is 21.7 Å². The molecule has 0 aliphatic rings. The molecule has 6 aromatic carbocycles. The molecule has 12 heteroatoms. The van der Waals surface area contributed by atoms with Crippen LogP contribution in [0.5, 0.6) is 12.0 Å². The van der Waals surface area contributed by atoms with Gasteiger partial charge in [0.05, 0.1) is 22.8 Å². The van der Waals surface area contributed by atoms with E-state index in [2.05, 4.69) is 0 Å². The van der Waals surface area contributed by atoms with Gasteiger partial charge in [-0.1, -0.05) is 146 Å². The average Bonchev–Trinajstić information content (AvgIpc) is 3.84. The Hall–Kier alpha value is -7.80. The molecule has 0 fully saturated rings. The van der Waals surface area contributed by atoms with Crippen LogP contribution in [0.2, 0.25) is 0 Å². The fourth-order valence-electron chi connectivity index (χ4n) is 6.63. The lowest BCUT2D eigenvalue weighted by Gasteiger charge is -2.17. The summed E-state index contributed by atoms with van der Waals surface area (Å²) in [6.07, 6.45) is 0. The molecule has 2 heterocycles. The first kappa shape index (κ1) is 37.1. The molecule has 8 aromatic rings. The Morgan fingerprint density at radius 2 is 0.724 bits per heavy atom. The van der Waals surface area contributed by atoms with E-state index in [1.807, 2.05) is 179 Å². The number of nitrogens with two attached hydrogens (primary N) is 2. The molecule has 0 aliphatic heterocycles. The zero-order chi connectivity index (χ0) is 40.2. The normalized spacial score (nSPS) is 10.9. The smallest absolute Gasteiger partial charge is 0.321 e. The zero-order valence-electron chi connectivity index (χ0n) is 31.6. The molecule has 58 heavy (non-hydrogen) atoms. The molecule has 0 bridgehead atoms. The van der Waals surface area contributed by atoms with Gasteiger partial charge in [-0.3, -0.25) is 18.7 Å². The van der Waals surface area contributed by atoms with Gasteiger partial charge >= 0.3 is 12.0 Å². The number of carbonyl (C=O) groups is 2. The SMILES string of the molecule is CC(=O)N(N)Oc1nc(-c2ccccc2)c(-c2ccccc2)n1-c1ccc(-c2ccc(-n3c(ON(N)C(C)=O)nc(-c4ccccc4)c3-c3ccccc3)cc2)cc1. The van der Waals surface area contributed by atoms with Crippen molar-refractivity contribution in [2.75, 3.05) is 0 Å². The van der Waals surface area contributed by atoms with Crippen molar-refractivity contribution in [1.29, 1.82) is 0 Å². The van der Waals surface area contributed by atoms with Crippen LogP contribution in [0.4, 0.5) is 0 Å². The minimum absolute atomic E-state index is 0.121. The number of hydroxylamine groups is 2. The molecular weight excluding hydrogens is 729 g/mol. The Morgan fingerprint density at radius 1 is 0.431 bits per heavy atom. The standard InChI is InChI=1S/C46H38N8O4/c1-31(55)53(47)57-45-49-41(35-15-7-3-8-16-35)43(37-19-11-5-12-20-37)51(45)39-27-23-33(24-28-39)34-25-29-40(30-26-34)52-44(38-21-13-6-14-22-38)42(36-17-9-4-10-18-36)50-46(52)58-54(48)32(2)56/h3-30H,47-48H2,1-2H3. The molecule has 0 aliphatic carbocycles. The van der Waals surface area contributed by atoms with E-state index >= 15 is 0 Å². The third-order valence-corrected chi connectivity index (χ3v) is 9.45. The summed E-state index contributed by atoms with van der Waals surface area (Å²) < 4.78 is 3.70. The molecule has 286 valence electrons. The summed E-state index contributed by atoms with van der Waals surface area (Å²) in [5.41, 5.74) is 9.71. The van der Waals surface area contributed by atoms with Gasteiger partial charge in [-0.15, -0.1) is 10.3 Å². The van der Waals surface area contributed by atoms with Crippen LogP contribution in [0.3, 0.4) is 0 Å². The highest BCUT2D eigenvalue weighted by Gasteiger charge is 2.26. The first-order valence-corrected chi connectivity index (χ1v) is 18.4. The van der Waals surface area contributed by atoms with Crippen molar-refractivity contribution >= 4 is 11.8 Å². The molecular formula is C46H38N8O4. The molecule has 12 nitrogen and oxygen atoms in total. The number of hydrazine groups is 2. The van der Waals surface area contributed by atoms with Crippen LogP contribution in [0.1, 0.15) is 13.8 Å². The lowest BCUT2D eigenvalue weighted by Crippen LogP contribution is -2.39. The number of rotatable bonds is 11. The van der Waals surface area contributed by atoms with Gasteiger partial charge in [0.25, 0.3) is 11.8 Å². The maximum atomic E-state index is 12.2. The molecule has 0 atom stereocenters. The second-order valence-corrected chi connectivity index (χ2v) is 13.3. The largest absolute Gasteiger partial charge is 0.331 e. The van der Waals surface area contributed by atoms with Crippen molar-refractivity contribution in [3.8, 4) is 79.6 Å². The minimum Gasteiger partial charge on any atom is -0.321 e. The van der Waals surface area contributed by atoms with Gasteiger partial charge in [-0.2, -0.15) is 9.97 Å². The Labute approximate surface area is 334 Å². The maximum Gasteiger partial charge on any atom is 0.331 e. The van der Waals surface area contributed by atoms with Crippen LogP contribution in [0, 0.1) is 0 Å². The van der Waals surface area contributed by atoms with Crippen molar-refractivity contribution < 1.29 is 19.3 Å². The lowest BCUT2D eigenvalue weighted by atomic mass is 10.0. The van der Waals surface area contributed by atoms with Crippen LogP contribution in [-0.4, -0.2) is 41.3 Å². The summed E-state index contributed by atoms with van der Waals surface area (Å²) in [7, 11) is 0. The highest BCUT2D eigenvalue weighted by molar-refractivity contribution is 5.83. The molecule has 0 saturated carbocycles. The Kier molecular flexibility index (Phi) is 10.3. The quantitative estimate of drug-likeness (QED) is 0.0758. The molecule has 2 aromatic heterocycles. The summed E-state index contributed by atoms with van der Waals surface area (Å²) in [5.74, 6) is 11.0. The van der Waals surface area contributed by atoms with Crippen molar-refractivity contribution in [2.45, 2.75) is 13.8 Å². The van der Waals surface area contributed by atoms with E-state index in [9.17, 15) is 9.59 Å². The van der Waals surface area contributed by atoms with Crippen LogP contribution < -0.4 is 21.4 Å². The van der Waals surface area contributed by atoms with Crippen LogP contribution in [0.25, 0.3) is 67.5 Å². The number of carbonyl (C=O) groups excluding carboxylic acids is 2. The first-order valence-electron chi connectivity index (χ1n) is 18.4. The van der Waals surface area contributed by atoms with E-state index in [-0.39, 0.29) is 12.0 Å². The molecule has 0 radical (unpaired) electrons. The van der Waals surface area contributed by atoms with E-state index in [1.54, 1.807) is 0 Å². The fourth-order valence-corrected chi connectivity index (χ4v) is 6.63. The second-order valence-electron chi connectivity index (χ2n) is 13.3. The molecule has 0 spiro atoms. The van der Waals surface area contributed by atoms with E-state index in [1.165, 1.54) is 13.8 Å². The first-order chi connectivity index (χ1) is 28.3. The summed E-state index contributed by atoms with van der Waals surface area (Å²) in [6.45, 7) is 2.63. The van der Waals surface area contributed by atoms with Crippen molar-refractivity contribution in [3.05, 3.63) is 170 Å².